The molecule has 0 atom stereocenters. The van der Waals surface area contributed by atoms with E-state index in [-0.39, 0.29) is 6.03 Å². The van der Waals surface area contributed by atoms with Crippen LogP contribution in [0.3, 0.4) is 0 Å². The summed E-state index contributed by atoms with van der Waals surface area (Å²) in [6.07, 6.45) is 0. The van der Waals surface area contributed by atoms with E-state index in [1.807, 2.05) is 23.1 Å². The number of piperazine rings is 1. The number of urea groups is 1. The maximum atomic E-state index is 12.1. The lowest BCUT2D eigenvalue weighted by atomic mass is 10.1. The van der Waals surface area contributed by atoms with Crippen LogP contribution in [0.2, 0.25) is 0 Å². The van der Waals surface area contributed by atoms with Gasteiger partial charge in [0.15, 0.2) is 0 Å². The third-order valence-corrected chi connectivity index (χ3v) is 3.85. The van der Waals surface area contributed by atoms with Crippen molar-refractivity contribution in [3.8, 4) is 0 Å². The molecule has 2 amide bonds. The standard InChI is InChI=1S/C16H25N3O2/c1-3-18-7-9-19(10-8-18)16(20)17-12-14-5-4-6-15(11-14)13-21-2/h4-6,11H,3,7-10,12-13H2,1-2H3,(H,17,20). The van der Waals surface area contributed by atoms with E-state index < -0.39 is 0 Å². The lowest BCUT2D eigenvalue weighted by Crippen LogP contribution is -2.51. The van der Waals surface area contributed by atoms with Gasteiger partial charge in [0.05, 0.1) is 6.61 Å². The Morgan fingerprint density at radius 2 is 1.95 bits per heavy atom. The maximum absolute atomic E-state index is 12.1. The number of amides is 2. The molecule has 5 heteroatoms. The van der Waals surface area contributed by atoms with Crippen molar-refractivity contribution >= 4 is 6.03 Å². The molecule has 1 aromatic carbocycles. The Bertz CT molecular complexity index is 457. The van der Waals surface area contributed by atoms with Gasteiger partial charge in [-0.2, -0.15) is 0 Å². The number of carbonyl (C=O) groups excluding carboxylic acids is 1. The Hall–Kier alpha value is -1.59. The largest absolute Gasteiger partial charge is 0.380 e. The van der Waals surface area contributed by atoms with Gasteiger partial charge in [0.2, 0.25) is 0 Å². The van der Waals surface area contributed by atoms with Crippen molar-refractivity contribution in [3.05, 3.63) is 35.4 Å². The molecule has 0 unspecified atom stereocenters. The summed E-state index contributed by atoms with van der Waals surface area (Å²) in [7, 11) is 1.68. The minimum atomic E-state index is 0.0305. The molecule has 1 aliphatic heterocycles. The van der Waals surface area contributed by atoms with Crippen LogP contribution in [0.4, 0.5) is 4.79 Å². The van der Waals surface area contributed by atoms with E-state index in [0.717, 1.165) is 43.9 Å². The number of benzene rings is 1. The van der Waals surface area contributed by atoms with Crippen LogP contribution in [-0.4, -0.2) is 55.7 Å². The van der Waals surface area contributed by atoms with E-state index in [9.17, 15) is 4.79 Å². The average Bonchev–Trinajstić information content (AvgIpc) is 2.53. The zero-order chi connectivity index (χ0) is 15.1. The molecule has 0 bridgehead atoms. The number of hydrogen-bond donors (Lipinski definition) is 1. The Labute approximate surface area is 126 Å². The average molecular weight is 291 g/mol. The van der Waals surface area contributed by atoms with Crippen LogP contribution in [0.5, 0.6) is 0 Å². The van der Waals surface area contributed by atoms with Crippen molar-refractivity contribution in [2.45, 2.75) is 20.1 Å². The molecule has 5 nitrogen and oxygen atoms in total. The fourth-order valence-electron chi connectivity index (χ4n) is 2.55. The molecular formula is C16H25N3O2. The number of ether oxygens (including phenoxy) is 1. The molecule has 0 spiro atoms. The van der Waals surface area contributed by atoms with Crippen LogP contribution in [-0.2, 0) is 17.9 Å². The van der Waals surface area contributed by atoms with Crippen LogP contribution in [0.15, 0.2) is 24.3 Å². The minimum Gasteiger partial charge on any atom is -0.380 e. The number of nitrogens with zero attached hydrogens (tertiary/aromatic N) is 2. The highest BCUT2D eigenvalue weighted by Crippen LogP contribution is 2.07. The summed E-state index contributed by atoms with van der Waals surface area (Å²) >= 11 is 0. The zero-order valence-electron chi connectivity index (χ0n) is 13.0. The van der Waals surface area contributed by atoms with Gasteiger partial charge in [-0.1, -0.05) is 31.2 Å². The fourth-order valence-corrected chi connectivity index (χ4v) is 2.55. The van der Waals surface area contributed by atoms with Gasteiger partial charge < -0.3 is 19.9 Å². The topological polar surface area (TPSA) is 44.8 Å². The van der Waals surface area contributed by atoms with Crippen LogP contribution in [0.1, 0.15) is 18.1 Å². The summed E-state index contributed by atoms with van der Waals surface area (Å²) < 4.78 is 5.12. The SMILES string of the molecule is CCN1CCN(C(=O)NCc2cccc(COC)c2)CC1. The molecule has 1 fully saturated rings. The molecule has 116 valence electrons. The van der Waals surface area contributed by atoms with Gasteiger partial charge in [-0.3, -0.25) is 0 Å². The first kappa shape index (κ1) is 15.8. The molecule has 1 aromatic rings. The molecule has 1 aliphatic rings. The highest BCUT2D eigenvalue weighted by molar-refractivity contribution is 5.74. The quantitative estimate of drug-likeness (QED) is 0.898. The molecule has 21 heavy (non-hydrogen) atoms. The van der Waals surface area contributed by atoms with Gasteiger partial charge in [0, 0.05) is 39.8 Å². The lowest BCUT2D eigenvalue weighted by molar-refractivity contribution is 0.142. The normalized spacial score (nSPS) is 16.0. The Morgan fingerprint density at radius 1 is 1.24 bits per heavy atom. The second-order valence-electron chi connectivity index (χ2n) is 5.33. The van der Waals surface area contributed by atoms with Crippen molar-refractivity contribution in [3.63, 3.8) is 0 Å². The second-order valence-corrected chi connectivity index (χ2v) is 5.33. The fraction of sp³-hybridized carbons (Fsp3) is 0.562. The molecular weight excluding hydrogens is 266 g/mol. The lowest BCUT2D eigenvalue weighted by Gasteiger charge is -2.34. The van der Waals surface area contributed by atoms with Crippen molar-refractivity contribution in [1.29, 1.82) is 0 Å². The first-order valence-corrected chi connectivity index (χ1v) is 7.54. The molecule has 0 saturated carbocycles. The summed E-state index contributed by atoms with van der Waals surface area (Å²) in [6.45, 7) is 7.92. The Kier molecular flexibility index (Phi) is 6.02. The van der Waals surface area contributed by atoms with E-state index in [2.05, 4.69) is 23.2 Å². The Morgan fingerprint density at radius 3 is 2.62 bits per heavy atom. The van der Waals surface area contributed by atoms with Crippen LogP contribution >= 0.6 is 0 Å². The highest BCUT2D eigenvalue weighted by Gasteiger charge is 2.19. The minimum absolute atomic E-state index is 0.0305. The number of nitrogens with one attached hydrogen (secondary N) is 1. The maximum Gasteiger partial charge on any atom is 0.317 e. The number of likely N-dealkylation sites (N-methyl/N-ethyl adjacent to an activating group) is 1. The van der Waals surface area contributed by atoms with E-state index in [1.165, 1.54) is 0 Å². The molecule has 1 heterocycles. The summed E-state index contributed by atoms with van der Waals surface area (Å²) in [5, 5.41) is 3.00. The van der Waals surface area contributed by atoms with Crippen molar-refractivity contribution in [2.24, 2.45) is 0 Å². The van der Waals surface area contributed by atoms with E-state index in [4.69, 9.17) is 4.74 Å². The number of methoxy groups -OCH3 is 1. The van der Waals surface area contributed by atoms with E-state index >= 15 is 0 Å². The predicted octanol–water partition coefficient (Wildman–Crippen LogP) is 1.68. The van der Waals surface area contributed by atoms with Crippen molar-refractivity contribution in [1.82, 2.24) is 15.1 Å². The molecule has 0 aromatic heterocycles. The summed E-state index contributed by atoms with van der Waals surface area (Å²) in [5.74, 6) is 0. The molecule has 2 rings (SSSR count). The van der Waals surface area contributed by atoms with E-state index in [0.29, 0.717) is 13.2 Å². The molecule has 1 saturated heterocycles. The molecule has 1 N–H and O–H groups in total. The van der Waals surface area contributed by atoms with Gasteiger partial charge >= 0.3 is 6.03 Å². The molecule has 0 aliphatic carbocycles. The third kappa shape index (κ3) is 4.72. The highest BCUT2D eigenvalue weighted by atomic mass is 16.5. The summed E-state index contributed by atoms with van der Waals surface area (Å²) in [5.41, 5.74) is 2.23. The predicted molar refractivity (Wildman–Crippen MR) is 83.1 cm³/mol. The second kappa shape index (κ2) is 8.00. The van der Waals surface area contributed by atoms with Gasteiger partial charge in [-0.15, -0.1) is 0 Å². The van der Waals surface area contributed by atoms with Gasteiger partial charge in [-0.05, 0) is 17.7 Å². The van der Waals surface area contributed by atoms with Crippen molar-refractivity contribution < 1.29 is 9.53 Å². The number of hydrogen-bond acceptors (Lipinski definition) is 3. The first-order valence-electron chi connectivity index (χ1n) is 7.54. The first-order chi connectivity index (χ1) is 10.2. The van der Waals surface area contributed by atoms with Gasteiger partial charge in [0.1, 0.15) is 0 Å². The van der Waals surface area contributed by atoms with Gasteiger partial charge in [-0.25, -0.2) is 4.79 Å². The monoisotopic (exact) mass is 291 g/mol. The zero-order valence-corrected chi connectivity index (χ0v) is 13.0. The number of rotatable bonds is 5. The smallest absolute Gasteiger partial charge is 0.317 e. The Balaban J connectivity index is 1.80. The van der Waals surface area contributed by atoms with Crippen LogP contribution in [0.25, 0.3) is 0 Å². The van der Waals surface area contributed by atoms with Gasteiger partial charge in [0.25, 0.3) is 0 Å². The summed E-state index contributed by atoms with van der Waals surface area (Å²) in [6, 6.07) is 8.14. The summed E-state index contributed by atoms with van der Waals surface area (Å²) in [4.78, 5) is 16.4. The van der Waals surface area contributed by atoms with E-state index in [1.54, 1.807) is 7.11 Å². The van der Waals surface area contributed by atoms with Crippen LogP contribution in [0, 0.1) is 0 Å². The number of carbonyl (C=O) groups is 1. The van der Waals surface area contributed by atoms with Crippen molar-refractivity contribution in [2.75, 3.05) is 39.8 Å². The third-order valence-electron chi connectivity index (χ3n) is 3.85. The van der Waals surface area contributed by atoms with Crippen LogP contribution < -0.4 is 5.32 Å². The molecule has 0 radical (unpaired) electrons.